The molecule has 0 aliphatic carbocycles. The lowest BCUT2D eigenvalue weighted by Gasteiger charge is -2.15. The van der Waals surface area contributed by atoms with Gasteiger partial charge in [-0.2, -0.15) is 13.2 Å². The van der Waals surface area contributed by atoms with E-state index in [1.807, 2.05) is 24.3 Å². The molecule has 0 radical (unpaired) electrons. The lowest BCUT2D eigenvalue weighted by atomic mass is 10.0. The Morgan fingerprint density at radius 1 is 1.00 bits per heavy atom. The van der Waals surface area contributed by atoms with Crippen molar-refractivity contribution in [3.8, 4) is 0 Å². The molecular weight excluding hydrogens is 227 g/mol. The van der Waals surface area contributed by atoms with Gasteiger partial charge in [0.15, 0.2) is 0 Å². The van der Waals surface area contributed by atoms with Crippen molar-refractivity contribution in [1.29, 1.82) is 0 Å². The minimum Gasteiger partial charge on any atom is -0.324 e. The molecule has 2 aromatic rings. The summed E-state index contributed by atoms with van der Waals surface area (Å²) in [6.45, 7) is 0. The van der Waals surface area contributed by atoms with Crippen molar-refractivity contribution in [2.24, 2.45) is 5.73 Å². The number of halogens is 3. The van der Waals surface area contributed by atoms with E-state index in [1.54, 1.807) is 18.2 Å². The molecule has 0 aliphatic heterocycles. The number of alkyl halides is 3. The van der Waals surface area contributed by atoms with Crippen LogP contribution < -0.4 is 5.73 Å². The molecule has 1 nitrogen and oxygen atoms in total. The Hall–Kier alpha value is -1.55. The highest BCUT2D eigenvalue weighted by molar-refractivity contribution is 5.83. The third-order valence-corrected chi connectivity index (χ3v) is 2.65. The first-order valence-corrected chi connectivity index (χ1v) is 5.27. The normalized spacial score (nSPS) is 13.9. The number of hydrogen-bond donors (Lipinski definition) is 1. The summed E-state index contributed by atoms with van der Waals surface area (Å²) in [6.07, 6.45) is -5.23. The minimum absolute atomic E-state index is 0.515. The SMILES string of the molecule is N[C@@H](CC(F)(F)F)c1ccc2ccccc2c1. The topological polar surface area (TPSA) is 26.0 Å². The van der Waals surface area contributed by atoms with E-state index < -0.39 is 18.6 Å². The summed E-state index contributed by atoms with van der Waals surface area (Å²) in [5.41, 5.74) is 6.07. The van der Waals surface area contributed by atoms with Gasteiger partial charge in [0.2, 0.25) is 0 Å². The molecule has 2 aromatic carbocycles. The van der Waals surface area contributed by atoms with E-state index in [9.17, 15) is 13.2 Å². The zero-order chi connectivity index (χ0) is 12.5. The summed E-state index contributed by atoms with van der Waals surface area (Å²) >= 11 is 0. The number of hydrogen-bond acceptors (Lipinski definition) is 1. The predicted molar refractivity (Wildman–Crippen MR) is 61.5 cm³/mol. The monoisotopic (exact) mass is 239 g/mol. The van der Waals surface area contributed by atoms with Gasteiger partial charge in [-0.3, -0.25) is 0 Å². The van der Waals surface area contributed by atoms with E-state index in [0.717, 1.165) is 10.8 Å². The summed E-state index contributed by atoms with van der Waals surface area (Å²) < 4.78 is 36.7. The number of fused-ring (bicyclic) bond motifs is 1. The largest absolute Gasteiger partial charge is 0.390 e. The van der Waals surface area contributed by atoms with Crippen LogP contribution in [-0.2, 0) is 0 Å². The molecule has 0 aromatic heterocycles. The lowest BCUT2D eigenvalue weighted by molar-refractivity contribution is -0.138. The molecule has 0 saturated carbocycles. The Morgan fingerprint density at radius 3 is 2.29 bits per heavy atom. The number of benzene rings is 2. The summed E-state index contributed by atoms with van der Waals surface area (Å²) in [6, 6.07) is 11.7. The van der Waals surface area contributed by atoms with Gasteiger partial charge in [-0.15, -0.1) is 0 Å². The first kappa shape index (κ1) is 11.9. The second-order valence-corrected chi connectivity index (χ2v) is 4.03. The number of nitrogens with two attached hydrogens (primary N) is 1. The van der Waals surface area contributed by atoms with Gasteiger partial charge in [0.05, 0.1) is 6.42 Å². The molecule has 0 spiro atoms. The first-order valence-electron chi connectivity index (χ1n) is 5.27. The highest BCUT2D eigenvalue weighted by Gasteiger charge is 2.30. The molecule has 0 unspecified atom stereocenters. The molecule has 1 atom stereocenters. The van der Waals surface area contributed by atoms with Gasteiger partial charge in [0.25, 0.3) is 0 Å². The van der Waals surface area contributed by atoms with Crippen molar-refractivity contribution in [2.75, 3.05) is 0 Å². The molecular formula is C13H12F3N. The van der Waals surface area contributed by atoms with Gasteiger partial charge in [0.1, 0.15) is 0 Å². The molecule has 17 heavy (non-hydrogen) atoms. The van der Waals surface area contributed by atoms with Crippen LogP contribution in [0.5, 0.6) is 0 Å². The Labute approximate surface area is 97.0 Å². The molecule has 90 valence electrons. The molecule has 0 aliphatic rings. The fourth-order valence-corrected chi connectivity index (χ4v) is 1.81. The maximum atomic E-state index is 12.2. The molecule has 2 N–H and O–H groups in total. The molecule has 0 fully saturated rings. The van der Waals surface area contributed by atoms with Crippen molar-refractivity contribution in [1.82, 2.24) is 0 Å². The van der Waals surface area contributed by atoms with Crippen LogP contribution in [0.15, 0.2) is 42.5 Å². The van der Waals surface area contributed by atoms with Crippen molar-refractivity contribution in [2.45, 2.75) is 18.6 Å². The van der Waals surface area contributed by atoms with Gasteiger partial charge >= 0.3 is 6.18 Å². The van der Waals surface area contributed by atoms with Crippen LogP contribution in [0.3, 0.4) is 0 Å². The van der Waals surface area contributed by atoms with Crippen LogP contribution in [0.2, 0.25) is 0 Å². The second-order valence-electron chi connectivity index (χ2n) is 4.03. The average Bonchev–Trinajstić information content (AvgIpc) is 2.26. The quantitative estimate of drug-likeness (QED) is 0.847. The Balaban J connectivity index is 2.30. The minimum atomic E-state index is -4.23. The summed E-state index contributed by atoms with van der Waals surface area (Å²) in [5, 5.41) is 1.90. The maximum Gasteiger partial charge on any atom is 0.390 e. The highest BCUT2D eigenvalue weighted by atomic mass is 19.4. The van der Waals surface area contributed by atoms with Crippen LogP contribution in [-0.4, -0.2) is 6.18 Å². The van der Waals surface area contributed by atoms with Crippen LogP contribution in [0.4, 0.5) is 13.2 Å². The van der Waals surface area contributed by atoms with Crippen molar-refractivity contribution >= 4 is 10.8 Å². The third kappa shape index (κ3) is 2.97. The van der Waals surface area contributed by atoms with E-state index >= 15 is 0 Å². The Morgan fingerprint density at radius 2 is 1.65 bits per heavy atom. The zero-order valence-electron chi connectivity index (χ0n) is 9.04. The standard InChI is InChI=1S/C13H12F3N/c14-13(15,16)8-12(17)11-6-5-9-3-1-2-4-10(9)7-11/h1-7,12H,8,17H2/t12-/m0/s1. The lowest BCUT2D eigenvalue weighted by Crippen LogP contribution is -2.20. The van der Waals surface area contributed by atoms with Crippen molar-refractivity contribution in [3.05, 3.63) is 48.0 Å². The Bertz CT molecular complexity index is 519. The molecule has 0 bridgehead atoms. The summed E-state index contributed by atoms with van der Waals surface area (Å²) in [5.74, 6) is 0. The van der Waals surface area contributed by atoms with Crippen LogP contribution in [0.25, 0.3) is 10.8 Å². The molecule has 0 amide bonds. The number of rotatable bonds is 2. The van der Waals surface area contributed by atoms with Crippen molar-refractivity contribution in [3.63, 3.8) is 0 Å². The maximum absolute atomic E-state index is 12.2. The third-order valence-electron chi connectivity index (χ3n) is 2.65. The first-order chi connectivity index (χ1) is 7.96. The van der Waals surface area contributed by atoms with Crippen LogP contribution in [0, 0.1) is 0 Å². The van der Waals surface area contributed by atoms with Gasteiger partial charge < -0.3 is 5.73 Å². The van der Waals surface area contributed by atoms with E-state index in [-0.39, 0.29) is 0 Å². The van der Waals surface area contributed by atoms with Crippen molar-refractivity contribution < 1.29 is 13.2 Å². The predicted octanol–water partition coefficient (Wildman–Crippen LogP) is 3.79. The molecule has 2 rings (SSSR count). The van der Waals surface area contributed by atoms with Gasteiger partial charge in [0, 0.05) is 6.04 Å². The zero-order valence-corrected chi connectivity index (χ0v) is 9.04. The van der Waals surface area contributed by atoms with E-state index in [0.29, 0.717) is 5.56 Å². The van der Waals surface area contributed by atoms with Crippen LogP contribution in [0.1, 0.15) is 18.0 Å². The second kappa shape index (κ2) is 4.37. The van der Waals surface area contributed by atoms with E-state index in [1.165, 1.54) is 0 Å². The fourth-order valence-electron chi connectivity index (χ4n) is 1.81. The fraction of sp³-hybridized carbons (Fsp3) is 0.231. The Kier molecular flexibility index (Phi) is 3.07. The van der Waals surface area contributed by atoms with Gasteiger partial charge in [-0.25, -0.2) is 0 Å². The smallest absolute Gasteiger partial charge is 0.324 e. The summed E-state index contributed by atoms with van der Waals surface area (Å²) in [7, 11) is 0. The molecule has 0 saturated heterocycles. The van der Waals surface area contributed by atoms with Gasteiger partial charge in [-0.1, -0.05) is 36.4 Å². The molecule has 0 heterocycles. The molecule has 4 heteroatoms. The average molecular weight is 239 g/mol. The van der Waals surface area contributed by atoms with E-state index in [2.05, 4.69) is 0 Å². The van der Waals surface area contributed by atoms with E-state index in [4.69, 9.17) is 5.73 Å². The van der Waals surface area contributed by atoms with Crippen LogP contribution >= 0.6 is 0 Å². The highest BCUT2D eigenvalue weighted by Crippen LogP contribution is 2.29. The van der Waals surface area contributed by atoms with Gasteiger partial charge in [-0.05, 0) is 22.4 Å². The summed E-state index contributed by atoms with van der Waals surface area (Å²) in [4.78, 5) is 0.